The number of benzene rings is 1. The molecule has 0 radical (unpaired) electrons. The Morgan fingerprint density at radius 3 is 2.28 bits per heavy atom. The Morgan fingerprint density at radius 2 is 1.84 bits per heavy atom. The highest BCUT2D eigenvalue weighted by molar-refractivity contribution is 5.67. The van der Waals surface area contributed by atoms with Crippen LogP contribution in [-0.2, 0) is 24.1 Å². The van der Waals surface area contributed by atoms with E-state index in [1.165, 1.54) is 12.3 Å². The van der Waals surface area contributed by atoms with Crippen LogP contribution >= 0.6 is 0 Å². The van der Waals surface area contributed by atoms with Gasteiger partial charge in [0.25, 0.3) is 6.47 Å². The van der Waals surface area contributed by atoms with Crippen molar-refractivity contribution < 1.29 is 28.2 Å². The van der Waals surface area contributed by atoms with Gasteiger partial charge in [-0.3, -0.25) is 9.78 Å². The van der Waals surface area contributed by atoms with E-state index in [0.29, 0.717) is 16.7 Å². The van der Waals surface area contributed by atoms with Crippen LogP contribution in [0.25, 0.3) is 11.1 Å². The number of carboxylic acid groups (broad SMARTS) is 1. The van der Waals surface area contributed by atoms with Crippen molar-refractivity contribution in [3.8, 4) is 11.1 Å². The summed E-state index contributed by atoms with van der Waals surface area (Å²) >= 11 is 0. The van der Waals surface area contributed by atoms with E-state index in [2.05, 4.69) is 4.98 Å². The molecule has 2 N–H and O–H groups in total. The zero-order chi connectivity index (χ0) is 19.0. The molecule has 25 heavy (non-hydrogen) atoms. The van der Waals surface area contributed by atoms with Gasteiger partial charge >= 0.3 is 6.18 Å². The number of halogens is 3. The first kappa shape index (κ1) is 20.6. The molecule has 0 bridgehead atoms. The van der Waals surface area contributed by atoms with Crippen LogP contribution in [0.2, 0.25) is 0 Å². The van der Waals surface area contributed by atoms with Crippen molar-refractivity contribution in [1.82, 2.24) is 9.88 Å². The van der Waals surface area contributed by atoms with Gasteiger partial charge < -0.3 is 15.1 Å². The third-order valence-corrected chi connectivity index (χ3v) is 3.20. The van der Waals surface area contributed by atoms with E-state index in [1.54, 1.807) is 6.07 Å². The van der Waals surface area contributed by atoms with Gasteiger partial charge in [-0.05, 0) is 36.9 Å². The van der Waals surface area contributed by atoms with Gasteiger partial charge in [0.15, 0.2) is 0 Å². The molecule has 1 heterocycles. The molecule has 0 saturated carbocycles. The van der Waals surface area contributed by atoms with Crippen LogP contribution in [0.5, 0.6) is 0 Å². The number of hydrogen-bond donors (Lipinski definition) is 2. The maximum Gasteiger partial charge on any atom is 0.433 e. The molecule has 0 atom stereocenters. The molecule has 0 fully saturated rings. The fourth-order valence-corrected chi connectivity index (χ4v) is 2.24. The smallest absolute Gasteiger partial charge is 0.433 e. The zero-order valence-corrected chi connectivity index (χ0v) is 13.8. The van der Waals surface area contributed by atoms with E-state index in [4.69, 9.17) is 9.90 Å². The first-order valence-electron chi connectivity index (χ1n) is 7.21. The highest BCUT2D eigenvalue weighted by Crippen LogP contribution is 2.30. The SMILES string of the molecule is CN(C)Cc1ccc(-c2ccc(C(F)(F)F)nc2)c(CO)c1.O=CO. The van der Waals surface area contributed by atoms with Gasteiger partial charge in [-0.15, -0.1) is 0 Å². The summed E-state index contributed by atoms with van der Waals surface area (Å²) in [6.07, 6.45) is -3.27. The summed E-state index contributed by atoms with van der Waals surface area (Å²) in [5.74, 6) is 0. The number of nitrogens with zero attached hydrogens (tertiary/aromatic N) is 2. The summed E-state index contributed by atoms with van der Waals surface area (Å²) in [6, 6.07) is 7.87. The average Bonchev–Trinajstić information content (AvgIpc) is 2.54. The van der Waals surface area contributed by atoms with Gasteiger partial charge in [0.2, 0.25) is 0 Å². The number of aliphatic hydroxyl groups excluding tert-OH is 1. The fraction of sp³-hybridized carbons (Fsp3) is 0.294. The minimum Gasteiger partial charge on any atom is -0.483 e. The van der Waals surface area contributed by atoms with Crippen LogP contribution in [0, 0.1) is 0 Å². The fourth-order valence-electron chi connectivity index (χ4n) is 2.24. The van der Waals surface area contributed by atoms with Gasteiger partial charge in [0.1, 0.15) is 5.69 Å². The predicted molar refractivity (Wildman–Crippen MR) is 86.7 cm³/mol. The molecule has 0 aliphatic carbocycles. The highest BCUT2D eigenvalue weighted by Gasteiger charge is 2.32. The second-order valence-electron chi connectivity index (χ2n) is 5.42. The van der Waals surface area contributed by atoms with Crippen LogP contribution in [0.1, 0.15) is 16.8 Å². The standard InChI is InChI=1S/C16H17F3N2O.CH2O2/c1-21(2)9-11-3-5-14(13(7-11)10-22)12-4-6-15(20-8-12)16(17,18)19;2-1-3/h3-8,22H,9-10H2,1-2H3;1H,(H,2,3). The molecule has 8 heteroatoms. The second-order valence-corrected chi connectivity index (χ2v) is 5.42. The van der Waals surface area contributed by atoms with Gasteiger partial charge in [-0.1, -0.05) is 24.3 Å². The molecule has 1 aromatic heterocycles. The average molecular weight is 356 g/mol. The number of rotatable bonds is 4. The van der Waals surface area contributed by atoms with Crippen LogP contribution in [0.4, 0.5) is 13.2 Å². The minimum atomic E-state index is -4.45. The molecule has 0 unspecified atom stereocenters. The molecular weight excluding hydrogens is 337 g/mol. The number of pyridine rings is 1. The topological polar surface area (TPSA) is 73.7 Å². The largest absolute Gasteiger partial charge is 0.483 e. The van der Waals surface area contributed by atoms with Gasteiger partial charge in [0.05, 0.1) is 6.61 Å². The van der Waals surface area contributed by atoms with Crippen molar-refractivity contribution in [2.75, 3.05) is 14.1 Å². The number of hydrogen-bond acceptors (Lipinski definition) is 4. The second kappa shape index (κ2) is 9.14. The number of aliphatic hydroxyl groups is 1. The molecule has 5 nitrogen and oxygen atoms in total. The third kappa shape index (κ3) is 6.17. The van der Waals surface area contributed by atoms with Crippen molar-refractivity contribution in [3.63, 3.8) is 0 Å². The Labute approximate surface area is 143 Å². The summed E-state index contributed by atoms with van der Waals surface area (Å²) in [4.78, 5) is 13.8. The Hall–Kier alpha value is -2.45. The van der Waals surface area contributed by atoms with Crippen molar-refractivity contribution in [1.29, 1.82) is 0 Å². The summed E-state index contributed by atoms with van der Waals surface area (Å²) in [7, 11) is 3.87. The Bertz CT molecular complexity index is 687. The van der Waals surface area contributed by atoms with Crippen LogP contribution in [0.3, 0.4) is 0 Å². The molecule has 0 amide bonds. The summed E-state index contributed by atoms with van der Waals surface area (Å²) in [5.41, 5.74) is 2.00. The Kier molecular flexibility index (Phi) is 7.53. The third-order valence-electron chi connectivity index (χ3n) is 3.20. The van der Waals surface area contributed by atoms with E-state index < -0.39 is 11.9 Å². The predicted octanol–water partition coefficient (Wildman–Crippen LogP) is 3.02. The molecule has 1 aromatic carbocycles. The minimum absolute atomic E-state index is 0.183. The van der Waals surface area contributed by atoms with Crippen molar-refractivity contribution in [3.05, 3.63) is 53.3 Å². The Morgan fingerprint density at radius 1 is 1.20 bits per heavy atom. The molecule has 136 valence electrons. The lowest BCUT2D eigenvalue weighted by molar-refractivity contribution is -0.141. The normalized spacial score (nSPS) is 11.0. The van der Waals surface area contributed by atoms with Gasteiger partial charge in [-0.2, -0.15) is 13.2 Å². The number of aromatic nitrogens is 1. The molecule has 0 saturated heterocycles. The number of alkyl halides is 3. The van der Waals surface area contributed by atoms with Crippen LogP contribution in [0.15, 0.2) is 36.5 Å². The maximum absolute atomic E-state index is 12.5. The van der Waals surface area contributed by atoms with Crippen molar-refractivity contribution >= 4 is 6.47 Å². The summed E-state index contributed by atoms with van der Waals surface area (Å²) < 4.78 is 37.6. The van der Waals surface area contributed by atoms with E-state index in [9.17, 15) is 18.3 Å². The highest BCUT2D eigenvalue weighted by atomic mass is 19.4. The monoisotopic (exact) mass is 356 g/mol. The van der Waals surface area contributed by atoms with E-state index in [1.807, 2.05) is 31.1 Å². The van der Waals surface area contributed by atoms with Crippen molar-refractivity contribution in [2.45, 2.75) is 19.3 Å². The lowest BCUT2D eigenvalue weighted by atomic mass is 9.98. The zero-order valence-electron chi connectivity index (χ0n) is 13.8. The van der Waals surface area contributed by atoms with E-state index in [0.717, 1.165) is 18.2 Å². The van der Waals surface area contributed by atoms with E-state index >= 15 is 0 Å². The van der Waals surface area contributed by atoms with Crippen LogP contribution < -0.4 is 0 Å². The summed E-state index contributed by atoms with van der Waals surface area (Å²) in [6.45, 7) is 0.288. The van der Waals surface area contributed by atoms with Gasteiger partial charge in [0, 0.05) is 18.3 Å². The first-order valence-corrected chi connectivity index (χ1v) is 7.21. The first-order chi connectivity index (χ1) is 11.7. The maximum atomic E-state index is 12.5. The molecular formula is C17H19F3N2O3. The van der Waals surface area contributed by atoms with Crippen LogP contribution in [-0.4, -0.2) is 40.7 Å². The van der Waals surface area contributed by atoms with E-state index in [-0.39, 0.29) is 13.1 Å². The van der Waals surface area contributed by atoms with Gasteiger partial charge in [-0.25, -0.2) is 0 Å². The Balaban J connectivity index is 0.000000970. The lowest BCUT2D eigenvalue weighted by Gasteiger charge is -2.14. The quantitative estimate of drug-likeness (QED) is 0.824. The summed E-state index contributed by atoms with van der Waals surface area (Å²) in [5, 5.41) is 16.4. The molecule has 0 aliphatic rings. The number of carbonyl (C=O) groups is 1. The lowest BCUT2D eigenvalue weighted by Crippen LogP contribution is -2.11. The molecule has 2 rings (SSSR count). The molecule has 0 spiro atoms. The van der Waals surface area contributed by atoms with Crippen molar-refractivity contribution in [2.24, 2.45) is 0 Å². The molecule has 2 aromatic rings. The molecule has 0 aliphatic heterocycles.